The number of amides is 3. The summed E-state index contributed by atoms with van der Waals surface area (Å²) in [7, 11) is 0. The Bertz CT molecular complexity index is 1030. The van der Waals surface area contributed by atoms with Gasteiger partial charge in [0.05, 0.1) is 12.6 Å². The number of fused-ring (bicyclic) bond motifs is 1. The van der Waals surface area contributed by atoms with Gasteiger partial charge in [0.25, 0.3) is 11.8 Å². The third-order valence-electron chi connectivity index (χ3n) is 7.88. The number of aliphatic hydroxyl groups is 1. The topological polar surface area (TPSA) is 110 Å². The van der Waals surface area contributed by atoms with Crippen molar-refractivity contribution in [2.75, 3.05) is 31.1 Å². The van der Waals surface area contributed by atoms with Crippen LogP contribution in [0.15, 0.2) is 24.3 Å². The van der Waals surface area contributed by atoms with Gasteiger partial charge in [0.1, 0.15) is 18.2 Å². The predicted molar refractivity (Wildman–Crippen MR) is 145 cm³/mol. The Labute approximate surface area is 225 Å². The largest absolute Gasteiger partial charge is 0.383 e. The number of aliphatic hydroxyl groups excluding tert-OH is 1. The smallest absolute Gasteiger partial charge is 0.252 e. The lowest BCUT2D eigenvalue weighted by Crippen LogP contribution is -2.53. The molecule has 3 fully saturated rings. The van der Waals surface area contributed by atoms with Gasteiger partial charge in [-0.1, -0.05) is 27.7 Å². The summed E-state index contributed by atoms with van der Waals surface area (Å²) in [5, 5.41) is 13.3. The van der Waals surface area contributed by atoms with Crippen LogP contribution in [0.4, 0.5) is 5.69 Å². The molecule has 4 unspecified atom stereocenters. The highest BCUT2D eigenvalue weighted by molar-refractivity contribution is 6.01. The summed E-state index contributed by atoms with van der Waals surface area (Å²) in [6, 6.07) is 5.53. The van der Waals surface area contributed by atoms with Gasteiger partial charge >= 0.3 is 0 Å². The van der Waals surface area contributed by atoms with E-state index in [1.54, 1.807) is 17.0 Å². The first kappa shape index (κ1) is 28.1. The molecule has 9 heteroatoms. The first-order chi connectivity index (χ1) is 18.1. The summed E-state index contributed by atoms with van der Waals surface area (Å²) >= 11 is 0. The molecule has 38 heavy (non-hydrogen) atoms. The van der Waals surface area contributed by atoms with Gasteiger partial charge in [-0.15, -0.1) is 0 Å². The van der Waals surface area contributed by atoms with E-state index in [9.17, 15) is 24.3 Å². The van der Waals surface area contributed by atoms with Gasteiger partial charge in [-0.3, -0.25) is 19.2 Å². The molecule has 4 atom stereocenters. The van der Waals surface area contributed by atoms with Crippen molar-refractivity contribution in [3.05, 3.63) is 29.8 Å². The van der Waals surface area contributed by atoms with Gasteiger partial charge < -0.3 is 25.1 Å². The number of anilines is 1. The van der Waals surface area contributed by atoms with E-state index in [0.717, 1.165) is 18.8 Å². The molecule has 3 amide bonds. The third kappa shape index (κ3) is 6.03. The van der Waals surface area contributed by atoms with Gasteiger partial charge in [-0.05, 0) is 68.2 Å². The number of Topliss-reactive ketones (excluding diaryl/α,β-unsaturated/α-hetero) is 1. The highest BCUT2D eigenvalue weighted by Gasteiger charge is 2.52. The van der Waals surface area contributed by atoms with Crippen LogP contribution in [0, 0.1) is 11.8 Å². The normalized spacial score (nSPS) is 22.8. The molecule has 0 spiro atoms. The summed E-state index contributed by atoms with van der Waals surface area (Å²) in [5.74, 6) is -0.973. The molecule has 0 aromatic heterocycles. The lowest BCUT2D eigenvalue weighted by molar-refractivity contribution is -0.142. The first-order valence-electron chi connectivity index (χ1n) is 14.0. The Balaban J connectivity index is 1.45. The second-order valence-corrected chi connectivity index (χ2v) is 11.8. The first-order valence-corrected chi connectivity index (χ1v) is 14.0. The van der Waals surface area contributed by atoms with Crippen molar-refractivity contribution in [2.24, 2.45) is 11.8 Å². The molecule has 3 heterocycles. The lowest BCUT2D eigenvalue weighted by atomic mass is 10.0. The van der Waals surface area contributed by atoms with Crippen molar-refractivity contribution in [1.29, 1.82) is 0 Å². The summed E-state index contributed by atoms with van der Waals surface area (Å²) in [5.41, 5.74) is 1.58. The molecule has 9 nitrogen and oxygen atoms in total. The standard InChI is InChI=1S/C29H42N4O5/c1-18(2)15-22(30-27(36)20-7-9-21(10-8-20)31-12-5-6-13-31)28(37)32-14-11-23-26(32)25(35)17-33(23)29(38)24(34)16-19(3)4/h7-10,18-19,22-24,26,34H,5-6,11-17H2,1-4H3,(H,30,36). The van der Waals surface area contributed by atoms with E-state index in [2.05, 4.69) is 10.2 Å². The van der Waals surface area contributed by atoms with Crippen LogP contribution in [0.5, 0.6) is 0 Å². The van der Waals surface area contributed by atoms with E-state index < -0.39 is 30.1 Å². The minimum atomic E-state index is -1.16. The molecule has 0 saturated carbocycles. The van der Waals surface area contributed by atoms with Crippen molar-refractivity contribution in [2.45, 2.75) is 84.0 Å². The predicted octanol–water partition coefficient (Wildman–Crippen LogP) is 2.22. The van der Waals surface area contributed by atoms with Crippen LogP contribution in [-0.4, -0.2) is 88.8 Å². The summed E-state index contributed by atoms with van der Waals surface area (Å²) in [4.78, 5) is 58.0. The van der Waals surface area contributed by atoms with E-state index in [0.29, 0.717) is 31.4 Å². The minimum absolute atomic E-state index is 0.0995. The van der Waals surface area contributed by atoms with Crippen LogP contribution < -0.4 is 10.2 Å². The molecule has 0 aliphatic carbocycles. The van der Waals surface area contributed by atoms with Gasteiger partial charge in [0, 0.05) is 30.9 Å². The Kier molecular flexibility index (Phi) is 8.75. The Morgan fingerprint density at radius 1 is 0.921 bits per heavy atom. The maximum atomic E-state index is 13.7. The van der Waals surface area contributed by atoms with Crippen LogP contribution in [0.2, 0.25) is 0 Å². The molecule has 4 rings (SSSR count). The number of benzene rings is 1. The SMILES string of the molecule is CC(C)CC(O)C(=O)N1CC(=O)C2C1CCN2C(=O)C(CC(C)C)NC(=O)c1ccc(N2CCCC2)cc1. The van der Waals surface area contributed by atoms with Crippen molar-refractivity contribution in [3.63, 3.8) is 0 Å². The average molecular weight is 527 g/mol. The van der Waals surface area contributed by atoms with E-state index in [1.165, 1.54) is 17.7 Å². The van der Waals surface area contributed by atoms with Gasteiger partial charge in [0.15, 0.2) is 5.78 Å². The minimum Gasteiger partial charge on any atom is -0.383 e. The van der Waals surface area contributed by atoms with Crippen LogP contribution in [0.3, 0.4) is 0 Å². The van der Waals surface area contributed by atoms with Gasteiger partial charge in [-0.2, -0.15) is 0 Å². The van der Waals surface area contributed by atoms with Crippen molar-refractivity contribution >= 4 is 29.2 Å². The Morgan fingerprint density at radius 2 is 1.55 bits per heavy atom. The quantitative estimate of drug-likeness (QED) is 0.511. The number of likely N-dealkylation sites (tertiary alicyclic amines) is 2. The van der Waals surface area contributed by atoms with Crippen molar-refractivity contribution in [1.82, 2.24) is 15.1 Å². The second kappa shape index (κ2) is 11.8. The number of hydrogen-bond donors (Lipinski definition) is 2. The highest BCUT2D eigenvalue weighted by Crippen LogP contribution is 2.31. The lowest BCUT2D eigenvalue weighted by Gasteiger charge is -2.29. The fraction of sp³-hybridized carbons (Fsp3) is 0.655. The van der Waals surface area contributed by atoms with Crippen LogP contribution >= 0.6 is 0 Å². The monoisotopic (exact) mass is 526 g/mol. The number of ketones is 1. The zero-order chi connectivity index (χ0) is 27.6. The Hall–Kier alpha value is -2.94. The maximum absolute atomic E-state index is 13.7. The molecule has 1 aromatic rings. The van der Waals surface area contributed by atoms with E-state index in [-0.39, 0.29) is 36.0 Å². The number of carbonyl (C=O) groups excluding carboxylic acids is 4. The molecule has 208 valence electrons. The molecule has 2 N–H and O–H groups in total. The molecule has 0 bridgehead atoms. The molecule has 3 aliphatic rings. The number of nitrogens with one attached hydrogen (secondary N) is 1. The number of rotatable bonds is 9. The highest BCUT2D eigenvalue weighted by atomic mass is 16.3. The summed E-state index contributed by atoms with van der Waals surface area (Å²) in [6.07, 6.45) is 2.43. The van der Waals surface area contributed by atoms with E-state index >= 15 is 0 Å². The van der Waals surface area contributed by atoms with E-state index in [4.69, 9.17) is 0 Å². The second-order valence-electron chi connectivity index (χ2n) is 11.8. The maximum Gasteiger partial charge on any atom is 0.252 e. The third-order valence-corrected chi connectivity index (χ3v) is 7.88. The zero-order valence-electron chi connectivity index (χ0n) is 23.1. The van der Waals surface area contributed by atoms with Crippen LogP contribution in [0.1, 0.15) is 70.2 Å². The fourth-order valence-electron chi connectivity index (χ4n) is 6.03. The van der Waals surface area contributed by atoms with Crippen molar-refractivity contribution in [3.8, 4) is 0 Å². The molecule has 3 aliphatic heterocycles. The summed E-state index contributed by atoms with van der Waals surface area (Å²) < 4.78 is 0. The number of carbonyl (C=O) groups is 4. The van der Waals surface area contributed by atoms with Gasteiger partial charge in [-0.25, -0.2) is 0 Å². The molecular formula is C29H42N4O5. The fourth-order valence-corrected chi connectivity index (χ4v) is 6.03. The average Bonchev–Trinajstić information content (AvgIpc) is 3.61. The molecule has 1 aromatic carbocycles. The zero-order valence-corrected chi connectivity index (χ0v) is 23.1. The summed E-state index contributed by atoms with van der Waals surface area (Å²) in [6.45, 7) is 10.1. The van der Waals surface area contributed by atoms with Crippen LogP contribution in [0.25, 0.3) is 0 Å². The number of hydrogen-bond acceptors (Lipinski definition) is 6. The van der Waals surface area contributed by atoms with E-state index in [1.807, 2.05) is 39.8 Å². The molecular weight excluding hydrogens is 484 g/mol. The number of nitrogens with zero attached hydrogens (tertiary/aromatic N) is 3. The van der Waals surface area contributed by atoms with Gasteiger partial charge in [0.2, 0.25) is 5.91 Å². The molecule has 0 radical (unpaired) electrons. The van der Waals surface area contributed by atoms with Crippen LogP contribution in [-0.2, 0) is 14.4 Å². The molecule has 3 saturated heterocycles. The Morgan fingerprint density at radius 3 is 2.16 bits per heavy atom. The van der Waals surface area contributed by atoms with Crippen molar-refractivity contribution < 1.29 is 24.3 Å².